The van der Waals surface area contributed by atoms with Gasteiger partial charge in [0.1, 0.15) is 6.10 Å². The molecule has 1 saturated carbocycles. The molecular weight excluding hydrogens is 298 g/mol. The first kappa shape index (κ1) is 18.0. The Kier molecular flexibility index (Phi) is 6.69. The van der Waals surface area contributed by atoms with E-state index in [0.29, 0.717) is 38.5 Å². The van der Waals surface area contributed by atoms with Crippen molar-refractivity contribution in [2.75, 3.05) is 26.8 Å². The number of esters is 1. The number of ether oxygens (including phenoxy) is 3. The lowest BCUT2D eigenvalue weighted by Gasteiger charge is -2.31. The van der Waals surface area contributed by atoms with Gasteiger partial charge >= 0.3 is 12.1 Å². The number of likely N-dealkylation sites (tertiary alicyclic amines) is 1. The summed E-state index contributed by atoms with van der Waals surface area (Å²) in [4.78, 5) is 25.9. The zero-order chi connectivity index (χ0) is 16.8. The Bertz CT molecular complexity index is 404. The van der Waals surface area contributed by atoms with Crippen molar-refractivity contribution in [1.29, 1.82) is 0 Å². The van der Waals surface area contributed by atoms with Gasteiger partial charge in [-0.15, -0.1) is 0 Å². The lowest BCUT2D eigenvalue weighted by atomic mass is 9.97. The molecule has 1 heterocycles. The third-order valence-electron chi connectivity index (χ3n) is 4.59. The van der Waals surface area contributed by atoms with Crippen LogP contribution in [0.15, 0.2) is 0 Å². The first-order chi connectivity index (χ1) is 11.0. The van der Waals surface area contributed by atoms with Crippen LogP contribution >= 0.6 is 0 Å². The molecule has 2 aliphatic rings. The van der Waals surface area contributed by atoms with Crippen LogP contribution in [0.4, 0.5) is 4.79 Å². The third-order valence-corrected chi connectivity index (χ3v) is 4.59. The van der Waals surface area contributed by atoms with Crippen molar-refractivity contribution in [3.05, 3.63) is 0 Å². The van der Waals surface area contributed by atoms with E-state index in [9.17, 15) is 9.59 Å². The Morgan fingerprint density at radius 2 is 1.74 bits per heavy atom. The molecule has 132 valence electrons. The maximum Gasteiger partial charge on any atom is 0.409 e. The van der Waals surface area contributed by atoms with Gasteiger partial charge in [0.25, 0.3) is 0 Å². The molecule has 2 atom stereocenters. The van der Waals surface area contributed by atoms with E-state index in [1.54, 1.807) is 12.0 Å². The van der Waals surface area contributed by atoms with E-state index in [0.717, 1.165) is 19.3 Å². The quantitative estimate of drug-likeness (QED) is 0.726. The Morgan fingerprint density at radius 3 is 2.35 bits per heavy atom. The molecule has 6 heteroatoms. The highest BCUT2D eigenvalue weighted by Crippen LogP contribution is 2.27. The van der Waals surface area contributed by atoms with Crippen LogP contribution in [0.1, 0.15) is 46.0 Å². The summed E-state index contributed by atoms with van der Waals surface area (Å²) in [6.07, 6.45) is 3.79. The summed E-state index contributed by atoms with van der Waals surface area (Å²) in [5.74, 6) is 0.0583. The molecule has 0 aromatic rings. The minimum Gasteiger partial charge on any atom is -0.459 e. The van der Waals surface area contributed by atoms with Crippen LogP contribution in [0.2, 0.25) is 0 Å². The summed E-state index contributed by atoms with van der Waals surface area (Å²) in [6, 6.07) is 0. The number of nitrogens with zero attached hydrogens (tertiary/aromatic N) is 1. The number of methoxy groups -OCH3 is 1. The molecule has 0 radical (unpaired) electrons. The molecule has 0 N–H and O–H groups in total. The highest BCUT2D eigenvalue weighted by molar-refractivity contribution is 5.73. The Labute approximate surface area is 138 Å². The van der Waals surface area contributed by atoms with Crippen molar-refractivity contribution in [2.24, 2.45) is 11.8 Å². The fourth-order valence-corrected chi connectivity index (χ4v) is 3.17. The average Bonchev–Trinajstić information content (AvgIpc) is 2.99. The van der Waals surface area contributed by atoms with Gasteiger partial charge in [-0.05, 0) is 38.0 Å². The van der Waals surface area contributed by atoms with Crippen LogP contribution < -0.4 is 0 Å². The minimum absolute atomic E-state index is 0.0325. The van der Waals surface area contributed by atoms with E-state index in [2.05, 4.69) is 0 Å². The molecule has 1 aliphatic heterocycles. The molecule has 1 amide bonds. The van der Waals surface area contributed by atoms with E-state index < -0.39 is 0 Å². The van der Waals surface area contributed by atoms with E-state index >= 15 is 0 Å². The van der Waals surface area contributed by atoms with Crippen LogP contribution in [0, 0.1) is 11.8 Å². The highest BCUT2D eigenvalue weighted by Gasteiger charge is 2.34. The van der Waals surface area contributed by atoms with E-state index in [4.69, 9.17) is 14.2 Å². The lowest BCUT2D eigenvalue weighted by molar-refractivity contribution is -0.160. The molecule has 0 spiro atoms. The molecule has 0 unspecified atom stereocenters. The summed E-state index contributed by atoms with van der Waals surface area (Å²) >= 11 is 0. The number of hydrogen-bond acceptors (Lipinski definition) is 5. The van der Waals surface area contributed by atoms with Crippen LogP contribution in [-0.2, 0) is 19.0 Å². The van der Waals surface area contributed by atoms with Gasteiger partial charge in [-0.25, -0.2) is 4.79 Å². The second kappa shape index (κ2) is 8.52. The fraction of sp³-hybridized carbons (Fsp3) is 0.882. The largest absolute Gasteiger partial charge is 0.459 e. The first-order valence-electron chi connectivity index (χ1n) is 8.66. The Morgan fingerprint density at radius 1 is 1.09 bits per heavy atom. The zero-order valence-corrected chi connectivity index (χ0v) is 14.5. The molecule has 1 saturated heterocycles. The maximum absolute atomic E-state index is 12.3. The van der Waals surface area contributed by atoms with Gasteiger partial charge < -0.3 is 19.1 Å². The van der Waals surface area contributed by atoms with Crippen molar-refractivity contribution in [3.8, 4) is 0 Å². The second-order valence-corrected chi connectivity index (χ2v) is 6.91. The molecule has 1 aliphatic carbocycles. The first-order valence-corrected chi connectivity index (χ1v) is 8.66. The van der Waals surface area contributed by atoms with Crippen molar-refractivity contribution in [3.63, 3.8) is 0 Å². The van der Waals surface area contributed by atoms with Crippen molar-refractivity contribution >= 4 is 12.1 Å². The van der Waals surface area contributed by atoms with Crippen molar-refractivity contribution in [1.82, 2.24) is 4.90 Å². The monoisotopic (exact) mass is 327 g/mol. The van der Waals surface area contributed by atoms with E-state index in [1.165, 1.54) is 0 Å². The summed E-state index contributed by atoms with van der Waals surface area (Å²) < 4.78 is 16.2. The topological polar surface area (TPSA) is 65.1 Å². The van der Waals surface area contributed by atoms with Crippen LogP contribution in [0.25, 0.3) is 0 Å². The van der Waals surface area contributed by atoms with Crippen LogP contribution in [-0.4, -0.2) is 56.0 Å². The zero-order valence-electron chi connectivity index (χ0n) is 14.5. The molecule has 2 fully saturated rings. The lowest BCUT2D eigenvalue weighted by Crippen LogP contribution is -2.42. The average molecular weight is 327 g/mol. The van der Waals surface area contributed by atoms with Gasteiger partial charge in [-0.3, -0.25) is 4.79 Å². The summed E-state index contributed by atoms with van der Waals surface area (Å²) in [5.41, 5.74) is 0. The molecule has 2 rings (SSSR count). The SMILES string of the molecule is CO[C@@H]1CCC[C@H]1OC(=O)C1CCN(C(=O)OCC(C)C)CC1. The number of carbonyl (C=O) groups is 2. The Hall–Kier alpha value is -1.30. The molecule has 0 bridgehead atoms. The molecular formula is C17H29NO5. The molecule has 6 nitrogen and oxygen atoms in total. The standard InChI is InChI=1S/C17H29NO5/c1-12(2)11-22-17(20)18-9-7-13(8-10-18)16(19)23-15-6-4-5-14(15)21-3/h12-15H,4-11H2,1-3H3/t14-,15-/m1/s1. The Balaban J connectivity index is 1.73. The van der Waals surface area contributed by atoms with Crippen molar-refractivity contribution < 1.29 is 23.8 Å². The molecule has 0 aromatic heterocycles. The molecule has 0 aromatic carbocycles. The van der Waals surface area contributed by atoms with Gasteiger partial charge in [-0.1, -0.05) is 13.8 Å². The number of hydrogen-bond donors (Lipinski definition) is 0. The van der Waals surface area contributed by atoms with Gasteiger partial charge in [0.05, 0.1) is 18.6 Å². The van der Waals surface area contributed by atoms with Gasteiger partial charge in [0, 0.05) is 20.2 Å². The number of rotatable bonds is 5. The second-order valence-electron chi connectivity index (χ2n) is 6.91. The van der Waals surface area contributed by atoms with E-state index in [-0.39, 0.29) is 30.2 Å². The summed E-state index contributed by atoms with van der Waals surface area (Å²) in [6.45, 7) is 5.54. The number of piperidine rings is 1. The van der Waals surface area contributed by atoms with Crippen LogP contribution in [0.5, 0.6) is 0 Å². The van der Waals surface area contributed by atoms with Gasteiger partial charge in [-0.2, -0.15) is 0 Å². The summed E-state index contributed by atoms with van der Waals surface area (Å²) in [7, 11) is 1.66. The van der Waals surface area contributed by atoms with Gasteiger partial charge in [0.2, 0.25) is 0 Å². The molecule has 23 heavy (non-hydrogen) atoms. The van der Waals surface area contributed by atoms with E-state index in [1.807, 2.05) is 13.8 Å². The maximum atomic E-state index is 12.3. The fourth-order valence-electron chi connectivity index (χ4n) is 3.17. The normalized spacial score (nSPS) is 25.7. The minimum atomic E-state index is -0.277. The highest BCUT2D eigenvalue weighted by atomic mass is 16.6. The predicted molar refractivity (Wildman–Crippen MR) is 85.0 cm³/mol. The third kappa shape index (κ3) is 5.09. The summed E-state index contributed by atoms with van der Waals surface area (Å²) in [5, 5.41) is 0. The predicted octanol–water partition coefficient (Wildman–Crippen LogP) is 2.60. The number of carbonyl (C=O) groups excluding carboxylic acids is 2. The smallest absolute Gasteiger partial charge is 0.409 e. The van der Waals surface area contributed by atoms with Crippen LogP contribution in [0.3, 0.4) is 0 Å². The number of amides is 1. The van der Waals surface area contributed by atoms with Crippen molar-refractivity contribution in [2.45, 2.75) is 58.2 Å². The van der Waals surface area contributed by atoms with Gasteiger partial charge in [0.15, 0.2) is 0 Å².